The number of benzene rings is 2. The van der Waals surface area contributed by atoms with E-state index in [9.17, 15) is 13.2 Å². The highest BCUT2D eigenvalue weighted by atomic mass is 79.9. The summed E-state index contributed by atoms with van der Waals surface area (Å²) in [6.07, 6.45) is 1.09. The van der Waals surface area contributed by atoms with Crippen molar-refractivity contribution in [1.82, 2.24) is 4.31 Å². The first-order valence-electron chi connectivity index (χ1n) is 7.41. The first-order valence-corrected chi connectivity index (χ1v) is 10.4. The quantitative estimate of drug-likeness (QED) is 0.735. The molecule has 2 rings (SSSR count). The summed E-state index contributed by atoms with van der Waals surface area (Å²) in [5, 5.41) is 3.11. The lowest BCUT2D eigenvalue weighted by molar-refractivity contribution is -0.116. The van der Waals surface area contributed by atoms with Crippen LogP contribution in [0.15, 0.2) is 46.9 Å². The summed E-state index contributed by atoms with van der Waals surface area (Å²) in [5.74, 6) is -0.434. The Labute approximate surface area is 161 Å². The van der Waals surface area contributed by atoms with Gasteiger partial charge in [0.1, 0.15) is 0 Å². The fraction of sp³-hybridized carbons (Fsp3) is 0.235. The minimum Gasteiger partial charge on any atom is -0.325 e. The zero-order valence-electron chi connectivity index (χ0n) is 13.8. The molecule has 0 aromatic heterocycles. The van der Waals surface area contributed by atoms with Gasteiger partial charge in [-0.2, -0.15) is 4.31 Å². The summed E-state index contributed by atoms with van der Waals surface area (Å²) >= 11 is 9.26. The van der Waals surface area contributed by atoms with Crippen LogP contribution in [-0.2, 0) is 21.4 Å². The van der Waals surface area contributed by atoms with Crippen LogP contribution in [0.4, 0.5) is 5.69 Å². The molecule has 25 heavy (non-hydrogen) atoms. The molecule has 0 bridgehead atoms. The van der Waals surface area contributed by atoms with Crippen molar-refractivity contribution in [2.75, 3.05) is 18.1 Å². The second-order valence-electron chi connectivity index (χ2n) is 5.69. The smallest absolute Gasteiger partial charge is 0.239 e. The van der Waals surface area contributed by atoms with Crippen molar-refractivity contribution >= 4 is 49.1 Å². The molecule has 0 aliphatic rings. The maximum absolute atomic E-state index is 12.2. The van der Waals surface area contributed by atoms with E-state index in [1.165, 1.54) is 0 Å². The Morgan fingerprint density at radius 3 is 2.40 bits per heavy atom. The number of rotatable bonds is 6. The second-order valence-corrected chi connectivity index (χ2v) is 8.94. The highest BCUT2D eigenvalue weighted by molar-refractivity contribution is 9.10. The number of hydrogen-bond donors (Lipinski definition) is 1. The highest BCUT2D eigenvalue weighted by Crippen LogP contribution is 2.25. The topological polar surface area (TPSA) is 66.5 Å². The van der Waals surface area contributed by atoms with E-state index < -0.39 is 15.9 Å². The Kier molecular flexibility index (Phi) is 6.62. The number of nitrogens with one attached hydrogen (secondary N) is 1. The average Bonchev–Trinajstić information content (AvgIpc) is 2.51. The van der Waals surface area contributed by atoms with Crippen LogP contribution in [0, 0.1) is 6.92 Å². The molecule has 2 aromatic carbocycles. The summed E-state index contributed by atoms with van der Waals surface area (Å²) < 4.78 is 25.9. The van der Waals surface area contributed by atoms with Gasteiger partial charge in [0.15, 0.2) is 0 Å². The Morgan fingerprint density at radius 2 is 1.84 bits per heavy atom. The molecule has 0 spiro atoms. The van der Waals surface area contributed by atoms with Gasteiger partial charge in [0.25, 0.3) is 0 Å². The SMILES string of the molecule is Cc1ccc(CN(CC(=O)Nc2ccc(Br)c(Cl)c2)S(C)(=O)=O)cc1. The van der Waals surface area contributed by atoms with Crippen LogP contribution in [0.1, 0.15) is 11.1 Å². The highest BCUT2D eigenvalue weighted by Gasteiger charge is 2.20. The number of amides is 1. The van der Waals surface area contributed by atoms with Crippen molar-refractivity contribution in [3.8, 4) is 0 Å². The molecule has 0 fully saturated rings. The summed E-state index contributed by atoms with van der Waals surface area (Å²) in [6, 6.07) is 12.5. The summed E-state index contributed by atoms with van der Waals surface area (Å²) in [7, 11) is -3.54. The predicted molar refractivity (Wildman–Crippen MR) is 104 cm³/mol. The van der Waals surface area contributed by atoms with Crippen LogP contribution in [-0.4, -0.2) is 31.4 Å². The third-order valence-electron chi connectivity index (χ3n) is 3.47. The van der Waals surface area contributed by atoms with E-state index in [0.29, 0.717) is 15.2 Å². The third kappa shape index (κ3) is 6.11. The van der Waals surface area contributed by atoms with Gasteiger partial charge < -0.3 is 5.32 Å². The maximum Gasteiger partial charge on any atom is 0.239 e. The Morgan fingerprint density at radius 1 is 1.20 bits per heavy atom. The molecule has 0 aliphatic carbocycles. The van der Waals surface area contributed by atoms with Gasteiger partial charge >= 0.3 is 0 Å². The number of carbonyl (C=O) groups excluding carboxylic acids is 1. The molecule has 5 nitrogen and oxygen atoms in total. The van der Waals surface area contributed by atoms with Crippen molar-refractivity contribution in [3.05, 3.63) is 63.1 Å². The second kappa shape index (κ2) is 8.31. The molecule has 134 valence electrons. The minimum absolute atomic E-state index is 0.133. The standard InChI is InChI=1S/C17H18BrClN2O3S/c1-12-3-5-13(6-4-12)10-21(25(2,23)24)11-17(22)20-14-7-8-15(18)16(19)9-14/h3-9H,10-11H2,1-2H3,(H,20,22). The fourth-order valence-corrected chi connectivity index (χ4v) is 3.28. The molecule has 1 N–H and O–H groups in total. The number of hydrogen-bond acceptors (Lipinski definition) is 3. The summed E-state index contributed by atoms with van der Waals surface area (Å²) in [4.78, 5) is 12.2. The monoisotopic (exact) mass is 444 g/mol. The number of aryl methyl sites for hydroxylation is 1. The molecule has 0 radical (unpaired) electrons. The lowest BCUT2D eigenvalue weighted by Gasteiger charge is -2.19. The van der Waals surface area contributed by atoms with Gasteiger partial charge in [0.2, 0.25) is 15.9 Å². The summed E-state index contributed by atoms with van der Waals surface area (Å²) in [6.45, 7) is 1.81. The van der Waals surface area contributed by atoms with E-state index in [1.807, 2.05) is 31.2 Å². The summed E-state index contributed by atoms with van der Waals surface area (Å²) in [5.41, 5.74) is 2.40. The maximum atomic E-state index is 12.2. The van der Waals surface area contributed by atoms with Crippen LogP contribution in [0.25, 0.3) is 0 Å². The lowest BCUT2D eigenvalue weighted by atomic mass is 10.1. The first-order chi connectivity index (χ1) is 11.6. The number of nitrogens with zero attached hydrogens (tertiary/aromatic N) is 1. The molecule has 0 heterocycles. The largest absolute Gasteiger partial charge is 0.325 e. The zero-order valence-corrected chi connectivity index (χ0v) is 17.0. The van der Waals surface area contributed by atoms with Crippen LogP contribution in [0.2, 0.25) is 5.02 Å². The van der Waals surface area contributed by atoms with Gasteiger partial charge in [-0.3, -0.25) is 4.79 Å². The normalized spacial score (nSPS) is 11.6. The van der Waals surface area contributed by atoms with E-state index in [1.54, 1.807) is 18.2 Å². The van der Waals surface area contributed by atoms with Gasteiger partial charge in [-0.05, 0) is 46.6 Å². The van der Waals surface area contributed by atoms with Gasteiger partial charge in [0.05, 0.1) is 17.8 Å². The molecule has 0 saturated heterocycles. The lowest BCUT2D eigenvalue weighted by Crippen LogP contribution is -2.36. The molecule has 1 amide bonds. The minimum atomic E-state index is -3.54. The van der Waals surface area contributed by atoms with Crippen molar-refractivity contribution in [2.45, 2.75) is 13.5 Å². The van der Waals surface area contributed by atoms with Crippen molar-refractivity contribution in [1.29, 1.82) is 0 Å². The van der Waals surface area contributed by atoms with E-state index in [-0.39, 0.29) is 13.1 Å². The number of sulfonamides is 1. The molecule has 2 aromatic rings. The molecule has 0 unspecified atom stereocenters. The molecule has 0 saturated carbocycles. The van der Waals surface area contributed by atoms with Crippen molar-refractivity contribution in [2.24, 2.45) is 0 Å². The van der Waals surface area contributed by atoms with E-state index in [2.05, 4.69) is 21.2 Å². The molecule has 0 aliphatic heterocycles. The van der Waals surface area contributed by atoms with Crippen LogP contribution < -0.4 is 5.32 Å². The predicted octanol–water partition coefficient (Wildman–Crippen LogP) is 3.81. The van der Waals surface area contributed by atoms with Gasteiger partial charge in [0, 0.05) is 16.7 Å². The van der Waals surface area contributed by atoms with Gasteiger partial charge in [-0.1, -0.05) is 41.4 Å². The average molecular weight is 446 g/mol. The molecular weight excluding hydrogens is 428 g/mol. The Bertz CT molecular complexity index is 870. The fourth-order valence-electron chi connectivity index (χ4n) is 2.12. The number of carbonyl (C=O) groups is 1. The molecule has 8 heteroatoms. The first kappa shape index (κ1) is 19.9. The van der Waals surface area contributed by atoms with Crippen molar-refractivity contribution in [3.63, 3.8) is 0 Å². The van der Waals surface area contributed by atoms with Gasteiger partial charge in [-0.25, -0.2) is 8.42 Å². The van der Waals surface area contributed by atoms with E-state index in [0.717, 1.165) is 21.7 Å². The van der Waals surface area contributed by atoms with E-state index >= 15 is 0 Å². The van der Waals surface area contributed by atoms with E-state index in [4.69, 9.17) is 11.6 Å². The van der Waals surface area contributed by atoms with Crippen LogP contribution >= 0.6 is 27.5 Å². The van der Waals surface area contributed by atoms with Crippen LogP contribution in [0.5, 0.6) is 0 Å². The molecule has 0 atom stereocenters. The van der Waals surface area contributed by atoms with Crippen LogP contribution in [0.3, 0.4) is 0 Å². The number of halogens is 2. The Balaban J connectivity index is 2.09. The zero-order chi connectivity index (χ0) is 18.6. The van der Waals surface area contributed by atoms with Gasteiger partial charge in [-0.15, -0.1) is 0 Å². The molecular formula is C17H18BrClN2O3S. The van der Waals surface area contributed by atoms with Crippen molar-refractivity contribution < 1.29 is 13.2 Å². The number of anilines is 1. The Hall–Kier alpha value is -1.41. The third-order valence-corrected chi connectivity index (χ3v) is 5.90.